The number of amides is 1. The van der Waals surface area contributed by atoms with Crippen molar-refractivity contribution in [1.82, 2.24) is 5.32 Å². The summed E-state index contributed by atoms with van der Waals surface area (Å²) in [6.07, 6.45) is 66.9. The summed E-state index contributed by atoms with van der Waals surface area (Å²) >= 11 is 0. The van der Waals surface area contributed by atoms with Crippen molar-refractivity contribution in [2.75, 3.05) is 19.8 Å². The van der Waals surface area contributed by atoms with Crippen molar-refractivity contribution < 1.29 is 49.3 Å². The van der Waals surface area contributed by atoms with Gasteiger partial charge in [0.15, 0.2) is 6.29 Å². The van der Waals surface area contributed by atoms with E-state index in [1.165, 1.54) is 250 Å². The number of aliphatic hydroxyl groups excluding tert-OH is 5. The average Bonchev–Trinajstić information content (AvgIpc) is 3.68. The lowest BCUT2D eigenvalue weighted by atomic mass is 9.99. The van der Waals surface area contributed by atoms with E-state index in [0.29, 0.717) is 19.4 Å². The zero-order valence-corrected chi connectivity index (χ0v) is 53.5. The number of hydrogen-bond donors (Lipinski definition) is 6. The molecule has 0 aromatic carbocycles. The minimum absolute atomic E-state index is 0.00328. The van der Waals surface area contributed by atoms with Crippen LogP contribution in [-0.4, -0.2) is 100 Å². The summed E-state index contributed by atoms with van der Waals surface area (Å²) in [5.41, 5.74) is 0. The van der Waals surface area contributed by atoms with Gasteiger partial charge in [0.2, 0.25) is 5.91 Å². The van der Waals surface area contributed by atoms with Gasteiger partial charge in [0, 0.05) is 12.8 Å². The average molecular weight is 1160 g/mol. The maximum absolute atomic E-state index is 13.1. The summed E-state index contributed by atoms with van der Waals surface area (Å²) < 4.78 is 16.7. The summed E-state index contributed by atoms with van der Waals surface area (Å²) in [4.78, 5) is 25.1. The second-order valence-corrected chi connectivity index (χ2v) is 24.6. The maximum Gasteiger partial charge on any atom is 0.305 e. The molecule has 0 aliphatic carbocycles. The minimum atomic E-state index is -1.57. The zero-order valence-electron chi connectivity index (χ0n) is 53.5. The van der Waals surface area contributed by atoms with E-state index in [2.05, 4.69) is 43.5 Å². The number of carbonyl (C=O) groups excluding carboxylic acids is 2. The van der Waals surface area contributed by atoms with E-state index in [0.717, 1.165) is 64.2 Å². The Balaban J connectivity index is 2.01. The number of esters is 1. The molecular formula is C71H133NO10. The molecule has 1 saturated heterocycles. The van der Waals surface area contributed by atoms with Gasteiger partial charge in [-0.25, -0.2) is 0 Å². The minimum Gasteiger partial charge on any atom is -0.466 e. The zero-order chi connectivity index (χ0) is 59.5. The molecule has 0 aromatic rings. The molecule has 1 aliphatic rings. The predicted octanol–water partition coefficient (Wildman–Crippen LogP) is 17.8. The van der Waals surface area contributed by atoms with E-state index in [4.69, 9.17) is 14.2 Å². The quantitative estimate of drug-likeness (QED) is 0.0195. The van der Waals surface area contributed by atoms with Crippen molar-refractivity contribution in [3.05, 3.63) is 36.5 Å². The molecule has 1 heterocycles. The molecule has 0 aromatic heterocycles. The van der Waals surface area contributed by atoms with Gasteiger partial charge in [-0.05, 0) is 64.2 Å². The van der Waals surface area contributed by atoms with Crippen molar-refractivity contribution in [2.24, 2.45) is 0 Å². The highest BCUT2D eigenvalue weighted by Gasteiger charge is 2.44. The van der Waals surface area contributed by atoms with Crippen LogP contribution in [-0.2, 0) is 23.8 Å². The summed E-state index contributed by atoms with van der Waals surface area (Å²) in [7, 11) is 0. The van der Waals surface area contributed by atoms with Gasteiger partial charge in [0.25, 0.3) is 0 Å². The second-order valence-electron chi connectivity index (χ2n) is 24.6. The Morgan fingerprint density at radius 1 is 0.451 bits per heavy atom. The number of allylic oxidation sites excluding steroid dienone is 5. The molecule has 1 rings (SSSR count). The SMILES string of the molecule is CCCCCCCCCCCCCC/C=C/C(O)C(COC1OC(CO)C(O)C(O)C1O)NC(=O)CCCCCCCCCCCCCCC/C=C\C/C=C\CCCCCCCCCCCOC(=O)CCCCCCCCCCCCC. The molecule has 0 spiro atoms. The predicted molar refractivity (Wildman–Crippen MR) is 343 cm³/mol. The number of aliphatic hydroxyl groups is 5. The number of rotatable bonds is 62. The Morgan fingerprint density at radius 3 is 1.23 bits per heavy atom. The first-order chi connectivity index (χ1) is 40.2. The largest absolute Gasteiger partial charge is 0.466 e. The molecule has 11 heteroatoms. The Morgan fingerprint density at radius 2 is 0.817 bits per heavy atom. The molecule has 1 aliphatic heterocycles. The smallest absolute Gasteiger partial charge is 0.305 e. The van der Waals surface area contributed by atoms with E-state index in [9.17, 15) is 35.1 Å². The van der Waals surface area contributed by atoms with Gasteiger partial charge in [-0.2, -0.15) is 0 Å². The number of carbonyl (C=O) groups is 2. The number of ether oxygens (including phenoxy) is 3. The fraction of sp³-hybridized carbons (Fsp3) is 0.887. The highest BCUT2D eigenvalue weighted by Crippen LogP contribution is 2.23. The van der Waals surface area contributed by atoms with Gasteiger partial charge >= 0.3 is 5.97 Å². The third kappa shape index (κ3) is 49.0. The van der Waals surface area contributed by atoms with Crippen LogP contribution >= 0.6 is 0 Å². The van der Waals surface area contributed by atoms with Crippen LogP contribution in [0.4, 0.5) is 0 Å². The van der Waals surface area contributed by atoms with E-state index in [-0.39, 0.29) is 18.5 Å². The van der Waals surface area contributed by atoms with E-state index >= 15 is 0 Å². The van der Waals surface area contributed by atoms with Crippen LogP contribution in [0.25, 0.3) is 0 Å². The molecule has 7 unspecified atom stereocenters. The van der Waals surface area contributed by atoms with Crippen LogP contribution in [0.2, 0.25) is 0 Å². The first-order valence-corrected chi connectivity index (χ1v) is 35.3. The molecule has 1 fully saturated rings. The molecule has 0 bridgehead atoms. The third-order valence-electron chi connectivity index (χ3n) is 16.7. The maximum atomic E-state index is 13.1. The first-order valence-electron chi connectivity index (χ1n) is 35.3. The summed E-state index contributed by atoms with van der Waals surface area (Å²) in [5, 5.41) is 54.5. The second kappa shape index (κ2) is 60.6. The van der Waals surface area contributed by atoms with Gasteiger partial charge in [-0.15, -0.1) is 0 Å². The molecule has 0 saturated carbocycles. The Kier molecular flexibility index (Phi) is 57.5. The fourth-order valence-electron chi connectivity index (χ4n) is 11.2. The van der Waals surface area contributed by atoms with Crippen molar-refractivity contribution in [3.8, 4) is 0 Å². The van der Waals surface area contributed by atoms with Gasteiger partial charge in [0.05, 0.1) is 32.0 Å². The molecule has 1 amide bonds. The Bertz CT molecular complexity index is 1460. The van der Waals surface area contributed by atoms with Crippen molar-refractivity contribution in [3.63, 3.8) is 0 Å². The lowest BCUT2D eigenvalue weighted by molar-refractivity contribution is -0.302. The molecule has 7 atom stereocenters. The van der Waals surface area contributed by atoms with Gasteiger partial charge in [-0.1, -0.05) is 301 Å². The number of nitrogens with one attached hydrogen (secondary N) is 1. The topological polar surface area (TPSA) is 175 Å². The molecular weight excluding hydrogens is 1030 g/mol. The summed E-state index contributed by atoms with van der Waals surface area (Å²) in [5.74, 6) is -0.177. The molecule has 0 radical (unpaired) electrons. The van der Waals surface area contributed by atoms with Crippen LogP contribution in [0, 0.1) is 0 Å². The van der Waals surface area contributed by atoms with Crippen molar-refractivity contribution >= 4 is 11.9 Å². The van der Waals surface area contributed by atoms with Crippen molar-refractivity contribution in [1.29, 1.82) is 0 Å². The van der Waals surface area contributed by atoms with E-state index in [1.54, 1.807) is 6.08 Å². The van der Waals surface area contributed by atoms with Gasteiger partial charge < -0.3 is 45.1 Å². The Labute approximate surface area is 504 Å². The van der Waals surface area contributed by atoms with E-state index in [1.807, 2.05) is 6.08 Å². The van der Waals surface area contributed by atoms with Crippen LogP contribution < -0.4 is 5.32 Å². The van der Waals surface area contributed by atoms with Gasteiger partial charge in [-0.3, -0.25) is 9.59 Å². The van der Waals surface area contributed by atoms with Crippen LogP contribution in [0.15, 0.2) is 36.5 Å². The van der Waals surface area contributed by atoms with E-state index < -0.39 is 49.5 Å². The first kappa shape index (κ1) is 77.9. The Hall–Kier alpha value is -2.12. The monoisotopic (exact) mass is 1160 g/mol. The molecule has 82 heavy (non-hydrogen) atoms. The highest BCUT2D eigenvalue weighted by atomic mass is 16.7. The molecule has 482 valence electrons. The normalized spacial score (nSPS) is 18.4. The van der Waals surface area contributed by atoms with Crippen molar-refractivity contribution in [2.45, 2.75) is 384 Å². The number of unbranched alkanes of at least 4 members (excludes halogenated alkanes) is 44. The highest BCUT2D eigenvalue weighted by molar-refractivity contribution is 5.76. The standard InChI is InChI=1S/C71H133NO10/c1-3-5-7-9-11-13-15-16-34-38-41-45-49-53-57-64(74)63(62-81-71-70(79)69(78)68(77)65(61-73)82-71)72-66(75)58-54-50-46-42-39-35-32-30-28-26-24-22-20-18-17-19-21-23-25-27-29-31-33-36-40-44-48-52-56-60-80-67(76)59-55-51-47-43-37-14-12-10-8-6-4-2/h17,19,23,25,53,57,63-65,68-71,73-74,77-79H,3-16,18,20-22,24,26-52,54-56,58-62H2,1-2H3,(H,72,75)/b19-17-,25-23-,57-53+. The summed E-state index contributed by atoms with van der Waals surface area (Å²) in [6, 6.07) is -0.811. The third-order valence-corrected chi connectivity index (χ3v) is 16.7. The molecule has 6 N–H and O–H groups in total. The van der Waals surface area contributed by atoms with Gasteiger partial charge in [0.1, 0.15) is 24.4 Å². The van der Waals surface area contributed by atoms with Crippen LogP contribution in [0.3, 0.4) is 0 Å². The van der Waals surface area contributed by atoms with Crippen LogP contribution in [0.5, 0.6) is 0 Å². The molecule has 11 nitrogen and oxygen atoms in total. The summed E-state index contributed by atoms with van der Waals surface area (Å²) in [6.45, 7) is 4.37. The fourth-order valence-corrected chi connectivity index (χ4v) is 11.2. The number of hydrogen-bond acceptors (Lipinski definition) is 10. The van der Waals surface area contributed by atoms with Crippen LogP contribution in [0.1, 0.15) is 341 Å². The lowest BCUT2D eigenvalue weighted by Crippen LogP contribution is -2.60. The lowest BCUT2D eigenvalue weighted by Gasteiger charge is -2.40.